The summed E-state index contributed by atoms with van der Waals surface area (Å²) in [5, 5.41) is 7.48. The molecule has 3 N–H and O–H groups in total. The van der Waals surface area contributed by atoms with Crippen LogP contribution in [0.4, 0.5) is 11.4 Å². The van der Waals surface area contributed by atoms with Crippen LogP contribution in [-0.2, 0) is 0 Å². The number of nitrogens with zero attached hydrogens (tertiary/aromatic N) is 2. The number of aromatic amines is 1. The number of pyridine rings is 1. The average Bonchev–Trinajstić information content (AvgIpc) is 3.47. The molecule has 0 bridgehead atoms. The quantitative estimate of drug-likeness (QED) is 0.444. The number of carbonyl (C=O) groups is 1. The average molecular weight is 434 g/mol. The van der Waals surface area contributed by atoms with Crippen LogP contribution in [0.1, 0.15) is 9.67 Å². The SMILES string of the molecule is COc1ccc2[nH]c(-c3ccc(C(=O)Nc4cnccc4N4CCNCC4)s3)cc2c1. The van der Waals surface area contributed by atoms with Gasteiger partial charge >= 0.3 is 0 Å². The zero-order valence-corrected chi connectivity index (χ0v) is 18.0. The summed E-state index contributed by atoms with van der Waals surface area (Å²) >= 11 is 1.46. The van der Waals surface area contributed by atoms with Crippen LogP contribution in [-0.4, -0.2) is 49.2 Å². The minimum absolute atomic E-state index is 0.126. The third kappa shape index (κ3) is 3.99. The lowest BCUT2D eigenvalue weighted by atomic mass is 10.2. The van der Waals surface area contributed by atoms with E-state index in [1.165, 1.54) is 11.3 Å². The number of methoxy groups -OCH3 is 1. The van der Waals surface area contributed by atoms with Gasteiger partial charge in [0.1, 0.15) is 5.75 Å². The number of hydrogen-bond donors (Lipinski definition) is 3. The summed E-state index contributed by atoms with van der Waals surface area (Å²) in [5.74, 6) is 0.694. The number of ether oxygens (including phenoxy) is 1. The molecule has 0 spiro atoms. The van der Waals surface area contributed by atoms with Gasteiger partial charge in [-0.2, -0.15) is 0 Å². The van der Waals surface area contributed by atoms with Crippen molar-refractivity contribution in [3.05, 3.63) is 59.7 Å². The molecule has 8 heteroatoms. The minimum atomic E-state index is -0.126. The second kappa shape index (κ2) is 8.41. The van der Waals surface area contributed by atoms with Gasteiger partial charge in [0, 0.05) is 43.3 Å². The maximum Gasteiger partial charge on any atom is 0.265 e. The van der Waals surface area contributed by atoms with E-state index in [4.69, 9.17) is 4.74 Å². The van der Waals surface area contributed by atoms with Gasteiger partial charge in [-0.1, -0.05) is 0 Å². The largest absolute Gasteiger partial charge is 0.497 e. The molecule has 4 heterocycles. The zero-order valence-electron chi connectivity index (χ0n) is 17.1. The van der Waals surface area contributed by atoms with E-state index in [1.54, 1.807) is 19.5 Å². The number of nitrogens with one attached hydrogen (secondary N) is 3. The highest BCUT2D eigenvalue weighted by atomic mass is 32.1. The van der Waals surface area contributed by atoms with E-state index in [0.29, 0.717) is 4.88 Å². The Hall–Kier alpha value is -3.36. The highest BCUT2D eigenvalue weighted by molar-refractivity contribution is 7.17. The number of piperazine rings is 1. The molecule has 1 aliphatic heterocycles. The summed E-state index contributed by atoms with van der Waals surface area (Å²) in [6.07, 6.45) is 3.48. The Morgan fingerprint density at radius 2 is 2.03 bits per heavy atom. The van der Waals surface area contributed by atoms with Gasteiger partial charge in [-0.15, -0.1) is 11.3 Å². The van der Waals surface area contributed by atoms with Gasteiger partial charge in [0.15, 0.2) is 0 Å². The number of rotatable bonds is 5. The maximum atomic E-state index is 13.0. The topological polar surface area (TPSA) is 82.3 Å². The molecule has 0 atom stereocenters. The lowest BCUT2D eigenvalue weighted by Gasteiger charge is -2.30. The van der Waals surface area contributed by atoms with E-state index < -0.39 is 0 Å². The van der Waals surface area contributed by atoms with Crippen molar-refractivity contribution in [1.82, 2.24) is 15.3 Å². The van der Waals surface area contributed by atoms with Crippen LogP contribution in [0, 0.1) is 0 Å². The van der Waals surface area contributed by atoms with Crippen molar-refractivity contribution in [3.8, 4) is 16.3 Å². The molecule has 1 amide bonds. The molecule has 7 nitrogen and oxygen atoms in total. The third-order valence-electron chi connectivity index (χ3n) is 5.43. The highest BCUT2D eigenvalue weighted by Crippen LogP contribution is 2.32. The van der Waals surface area contributed by atoms with Crippen LogP contribution < -0.4 is 20.3 Å². The Balaban J connectivity index is 1.36. The summed E-state index contributed by atoms with van der Waals surface area (Å²) in [5.41, 5.74) is 3.76. The molecule has 1 saturated heterocycles. The van der Waals surface area contributed by atoms with E-state index in [-0.39, 0.29) is 5.91 Å². The first-order chi connectivity index (χ1) is 15.2. The van der Waals surface area contributed by atoms with Gasteiger partial charge in [-0.25, -0.2) is 0 Å². The lowest BCUT2D eigenvalue weighted by Crippen LogP contribution is -2.43. The van der Waals surface area contributed by atoms with E-state index in [0.717, 1.165) is 64.8 Å². The Labute approximate surface area is 184 Å². The normalized spacial score (nSPS) is 14.0. The molecule has 0 unspecified atom stereocenters. The number of aromatic nitrogens is 2. The fraction of sp³-hybridized carbons (Fsp3) is 0.217. The van der Waals surface area contributed by atoms with Gasteiger partial charge in [-0.05, 0) is 42.5 Å². The third-order valence-corrected chi connectivity index (χ3v) is 6.54. The van der Waals surface area contributed by atoms with E-state index >= 15 is 0 Å². The first-order valence-corrected chi connectivity index (χ1v) is 11.0. The van der Waals surface area contributed by atoms with Crippen LogP contribution >= 0.6 is 11.3 Å². The Kier molecular flexibility index (Phi) is 5.31. The van der Waals surface area contributed by atoms with Crippen molar-refractivity contribution in [2.24, 2.45) is 0 Å². The molecule has 0 radical (unpaired) electrons. The number of H-pyrrole nitrogens is 1. The molecule has 1 aromatic carbocycles. The van der Waals surface area contributed by atoms with Gasteiger partial charge in [0.2, 0.25) is 0 Å². The molecular formula is C23H23N5O2S. The Morgan fingerprint density at radius 1 is 1.16 bits per heavy atom. The molecule has 1 fully saturated rings. The van der Waals surface area contributed by atoms with E-state index in [9.17, 15) is 4.79 Å². The van der Waals surface area contributed by atoms with Gasteiger partial charge in [0.25, 0.3) is 5.91 Å². The predicted octanol–water partition coefficient (Wildman–Crippen LogP) is 3.96. The number of benzene rings is 1. The smallest absolute Gasteiger partial charge is 0.265 e. The zero-order chi connectivity index (χ0) is 21.2. The highest BCUT2D eigenvalue weighted by Gasteiger charge is 2.18. The van der Waals surface area contributed by atoms with Crippen molar-refractivity contribution in [2.75, 3.05) is 43.5 Å². The lowest BCUT2D eigenvalue weighted by molar-refractivity contribution is 0.103. The standard InChI is InChI=1S/C23H23N5O2S/c1-30-16-2-3-17-15(12-16)13-18(26-17)21-4-5-22(31-21)23(29)27-19-14-25-7-6-20(19)28-10-8-24-9-11-28/h2-7,12-14,24,26H,8-11H2,1H3,(H,27,29). The fourth-order valence-electron chi connectivity index (χ4n) is 3.82. The number of fused-ring (bicyclic) bond motifs is 1. The number of carbonyl (C=O) groups excluding carboxylic acids is 1. The molecule has 0 aliphatic carbocycles. The predicted molar refractivity (Wildman–Crippen MR) is 125 cm³/mol. The maximum absolute atomic E-state index is 13.0. The summed E-state index contributed by atoms with van der Waals surface area (Å²) in [7, 11) is 1.66. The number of anilines is 2. The van der Waals surface area contributed by atoms with Crippen molar-refractivity contribution < 1.29 is 9.53 Å². The van der Waals surface area contributed by atoms with Crippen LogP contribution in [0.15, 0.2) is 54.9 Å². The number of hydrogen-bond acceptors (Lipinski definition) is 6. The summed E-state index contributed by atoms with van der Waals surface area (Å²) < 4.78 is 5.31. The van der Waals surface area contributed by atoms with Gasteiger partial charge in [-0.3, -0.25) is 9.78 Å². The van der Waals surface area contributed by atoms with Gasteiger partial charge in [0.05, 0.1) is 40.1 Å². The van der Waals surface area contributed by atoms with Crippen molar-refractivity contribution in [2.45, 2.75) is 0 Å². The molecule has 3 aromatic heterocycles. The second-order valence-electron chi connectivity index (χ2n) is 7.38. The molecule has 5 rings (SSSR count). The summed E-state index contributed by atoms with van der Waals surface area (Å²) in [4.78, 5) is 24.5. The number of amides is 1. The van der Waals surface area contributed by atoms with Crippen molar-refractivity contribution >= 4 is 39.5 Å². The Bertz CT molecular complexity index is 1230. The molecule has 1 aliphatic rings. The minimum Gasteiger partial charge on any atom is -0.497 e. The van der Waals surface area contributed by atoms with Crippen LogP contribution in [0.2, 0.25) is 0 Å². The number of thiophene rings is 1. The van der Waals surface area contributed by atoms with Crippen molar-refractivity contribution in [3.63, 3.8) is 0 Å². The molecule has 158 valence electrons. The van der Waals surface area contributed by atoms with Crippen LogP contribution in [0.5, 0.6) is 5.75 Å². The Morgan fingerprint density at radius 3 is 2.87 bits per heavy atom. The van der Waals surface area contributed by atoms with Crippen LogP contribution in [0.3, 0.4) is 0 Å². The van der Waals surface area contributed by atoms with Crippen molar-refractivity contribution in [1.29, 1.82) is 0 Å². The molecule has 31 heavy (non-hydrogen) atoms. The first kappa shape index (κ1) is 19.6. The fourth-order valence-corrected chi connectivity index (χ4v) is 4.70. The second-order valence-corrected chi connectivity index (χ2v) is 8.47. The molecule has 0 saturated carbocycles. The van der Waals surface area contributed by atoms with Crippen LogP contribution in [0.25, 0.3) is 21.5 Å². The summed E-state index contributed by atoms with van der Waals surface area (Å²) in [6.45, 7) is 3.67. The van der Waals surface area contributed by atoms with Gasteiger partial charge < -0.3 is 25.3 Å². The van der Waals surface area contributed by atoms with E-state index in [1.807, 2.05) is 36.4 Å². The summed E-state index contributed by atoms with van der Waals surface area (Å²) in [6, 6.07) is 13.8. The first-order valence-electron chi connectivity index (χ1n) is 10.2. The molecule has 4 aromatic rings. The van der Waals surface area contributed by atoms with E-state index in [2.05, 4.69) is 31.6 Å². The monoisotopic (exact) mass is 433 g/mol. The molecular weight excluding hydrogens is 410 g/mol.